The van der Waals surface area contributed by atoms with Crippen LogP contribution in [0.3, 0.4) is 0 Å². The second-order valence-corrected chi connectivity index (χ2v) is 5.16. The second-order valence-electron chi connectivity index (χ2n) is 5.16. The molecule has 5 heteroatoms. The summed E-state index contributed by atoms with van der Waals surface area (Å²) in [4.78, 5) is 16.2. The van der Waals surface area contributed by atoms with Crippen LogP contribution in [-0.2, 0) is 16.6 Å². The monoisotopic (exact) mass is 281 g/mol. The van der Waals surface area contributed by atoms with Crippen LogP contribution in [-0.4, -0.2) is 21.6 Å². The Morgan fingerprint density at radius 1 is 1.19 bits per heavy atom. The van der Waals surface area contributed by atoms with E-state index in [4.69, 9.17) is 4.74 Å². The fourth-order valence-electron chi connectivity index (χ4n) is 2.30. The van der Waals surface area contributed by atoms with Gasteiger partial charge in [0.15, 0.2) is 5.70 Å². The Morgan fingerprint density at radius 2 is 1.90 bits per heavy atom. The third-order valence-electron chi connectivity index (χ3n) is 3.12. The molecule has 0 unspecified atom stereocenters. The summed E-state index contributed by atoms with van der Waals surface area (Å²) < 4.78 is 6.93. The van der Waals surface area contributed by atoms with Gasteiger partial charge >= 0.3 is 5.97 Å². The molecule has 106 valence electrons. The molecule has 3 rings (SSSR count). The van der Waals surface area contributed by atoms with E-state index in [1.54, 1.807) is 17.0 Å². The molecule has 0 spiro atoms. The number of esters is 1. The molecule has 2 aromatic rings. The molecule has 0 bridgehead atoms. The van der Waals surface area contributed by atoms with Crippen LogP contribution in [0.5, 0.6) is 0 Å². The Kier molecular flexibility index (Phi) is 3.17. The number of rotatable bonds is 2. The molecule has 0 aliphatic carbocycles. The molecule has 0 atom stereocenters. The van der Waals surface area contributed by atoms with E-state index in [-0.39, 0.29) is 5.70 Å². The molecule has 21 heavy (non-hydrogen) atoms. The van der Waals surface area contributed by atoms with Crippen molar-refractivity contribution in [1.82, 2.24) is 9.78 Å². The van der Waals surface area contributed by atoms with Crippen LogP contribution in [0.1, 0.15) is 22.3 Å². The smallest absolute Gasteiger partial charge is 0.363 e. The number of benzene rings is 1. The second kappa shape index (κ2) is 5.01. The van der Waals surface area contributed by atoms with Crippen LogP contribution in [0, 0.1) is 13.8 Å². The average Bonchev–Trinajstić information content (AvgIpc) is 2.96. The van der Waals surface area contributed by atoms with E-state index < -0.39 is 5.97 Å². The molecule has 1 aromatic carbocycles. The molecular formula is C16H15N3O2. The van der Waals surface area contributed by atoms with Gasteiger partial charge in [0.05, 0.1) is 6.20 Å². The maximum absolute atomic E-state index is 11.9. The summed E-state index contributed by atoms with van der Waals surface area (Å²) in [6.45, 7) is 4.00. The lowest BCUT2D eigenvalue weighted by Crippen LogP contribution is -2.05. The highest BCUT2D eigenvalue weighted by Crippen LogP contribution is 2.20. The number of hydrogen-bond acceptors (Lipinski definition) is 4. The van der Waals surface area contributed by atoms with Crippen LogP contribution >= 0.6 is 0 Å². The van der Waals surface area contributed by atoms with Crippen LogP contribution in [0.15, 0.2) is 41.3 Å². The Balaban J connectivity index is 1.97. The quantitative estimate of drug-likeness (QED) is 0.627. The van der Waals surface area contributed by atoms with E-state index in [1.807, 2.05) is 39.2 Å². The van der Waals surface area contributed by atoms with Crippen molar-refractivity contribution in [1.29, 1.82) is 0 Å². The van der Waals surface area contributed by atoms with Gasteiger partial charge in [-0.2, -0.15) is 5.10 Å². The van der Waals surface area contributed by atoms with Gasteiger partial charge in [-0.25, -0.2) is 9.79 Å². The van der Waals surface area contributed by atoms with Gasteiger partial charge in [-0.15, -0.1) is 0 Å². The summed E-state index contributed by atoms with van der Waals surface area (Å²) in [6, 6.07) is 5.96. The first-order valence-electron chi connectivity index (χ1n) is 6.61. The van der Waals surface area contributed by atoms with Crippen LogP contribution in [0.2, 0.25) is 0 Å². The van der Waals surface area contributed by atoms with E-state index in [0.29, 0.717) is 5.90 Å². The number of carbonyl (C=O) groups is 1. The predicted octanol–water partition coefficient (Wildman–Crippen LogP) is 2.38. The summed E-state index contributed by atoms with van der Waals surface area (Å²) in [5.74, 6) is -0.0880. The summed E-state index contributed by atoms with van der Waals surface area (Å²) in [7, 11) is 1.82. The molecule has 1 aliphatic rings. The number of hydrogen-bond donors (Lipinski definition) is 0. The third kappa shape index (κ3) is 2.76. The van der Waals surface area contributed by atoms with Gasteiger partial charge in [0, 0.05) is 24.4 Å². The van der Waals surface area contributed by atoms with Gasteiger partial charge in [0.1, 0.15) is 0 Å². The van der Waals surface area contributed by atoms with Crippen molar-refractivity contribution in [3.05, 3.63) is 58.5 Å². The molecule has 0 fully saturated rings. The first kappa shape index (κ1) is 13.3. The Hall–Kier alpha value is -2.69. The zero-order chi connectivity index (χ0) is 15.0. The van der Waals surface area contributed by atoms with Crippen LogP contribution in [0.25, 0.3) is 6.08 Å². The lowest BCUT2D eigenvalue weighted by atomic mass is 10.1. The zero-order valence-corrected chi connectivity index (χ0v) is 12.1. The van der Waals surface area contributed by atoms with Crippen molar-refractivity contribution >= 4 is 17.9 Å². The van der Waals surface area contributed by atoms with Crippen LogP contribution in [0.4, 0.5) is 0 Å². The third-order valence-corrected chi connectivity index (χ3v) is 3.12. The number of aryl methyl sites for hydroxylation is 3. The maximum Gasteiger partial charge on any atom is 0.363 e. The number of carbonyl (C=O) groups excluding carboxylic acids is 1. The van der Waals surface area contributed by atoms with Crippen molar-refractivity contribution in [3.8, 4) is 0 Å². The van der Waals surface area contributed by atoms with Crippen molar-refractivity contribution in [3.63, 3.8) is 0 Å². The molecule has 2 heterocycles. The fraction of sp³-hybridized carbons (Fsp3) is 0.188. The molecule has 1 aliphatic heterocycles. The maximum atomic E-state index is 11.9. The largest absolute Gasteiger partial charge is 0.402 e. The Morgan fingerprint density at radius 3 is 2.52 bits per heavy atom. The first-order chi connectivity index (χ1) is 10.0. The number of nitrogens with zero attached hydrogens (tertiary/aromatic N) is 3. The van der Waals surface area contributed by atoms with Crippen molar-refractivity contribution in [2.24, 2.45) is 12.0 Å². The van der Waals surface area contributed by atoms with Crippen molar-refractivity contribution in [2.75, 3.05) is 0 Å². The van der Waals surface area contributed by atoms with E-state index in [2.05, 4.69) is 16.2 Å². The number of aromatic nitrogens is 2. The Labute approximate surface area is 122 Å². The van der Waals surface area contributed by atoms with Gasteiger partial charge in [0.2, 0.25) is 5.90 Å². The fourth-order valence-corrected chi connectivity index (χ4v) is 2.30. The number of ether oxygens (including phenoxy) is 1. The first-order valence-corrected chi connectivity index (χ1v) is 6.61. The van der Waals surface area contributed by atoms with Gasteiger partial charge < -0.3 is 4.74 Å². The zero-order valence-electron chi connectivity index (χ0n) is 12.1. The van der Waals surface area contributed by atoms with Gasteiger partial charge in [-0.3, -0.25) is 4.68 Å². The summed E-state index contributed by atoms with van der Waals surface area (Å²) in [5, 5.41) is 4.06. The number of cyclic esters (lactones) is 1. The van der Waals surface area contributed by atoms with Gasteiger partial charge in [-0.05, 0) is 32.1 Å². The predicted molar refractivity (Wildman–Crippen MR) is 79.7 cm³/mol. The van der Waals surface area contributed by atoms with E-state index >= 15 is 0 Å². The SMILES string of the molecule is Cc1cc(C)cc(C2=N/C(=C\c3cnn(C)c3)C(=O)O2)c1. The minimum atomic E-state index is -0.437. The number of aliphatic imine (C=N–C) groups is 1. The summed E-state index contributed by atoms with van der Waals surface area (Å²) >= 11 is 0. The standard InChI is InChI=1S/C16H15N3O2/c1-10-4-11(2)6-13(5-10)15-18-14(16(20)21-15)7-12-8-17-19(3)9-12/h4-9H,1-3H3/b14-7-. The molecule has 0 saturated heterocycles. The average molecular weight is 281 g/mol. The topological polar surface area (TPSA) is 56.5 Å². The normalized spacial score (nSPS) is 16.2. The van der Waals surface area contributed by atoms with E-state index in [1.165, 1.54) is 0 Å². The highest BCUT2D eigenvalue weighted by Gasteiger charge is 2.24. The van der Waals surface area contributed by atoms with Gasteiger partial charge in [0.25, 0.3) is 0 Å². The molecule has 0 radical (unpaired) electrons. The minimum Gasteiger partial charge on any atom is -0.402 e. The van der Waals surface area contributed by atoms with Crippen molar-refractivity contribution < 1.29 is 9.53 Å². The Bertz CT molecular complexity index is 764. The summed E-state index contributed by atoms with van der Waals surface area (Å²) in [5.41, 5.74) is 4.13. The lowest BCUT2D eigenvalue weighted by molar-refractivity contribution is -0.129. The van der Waals surface area contributed by atoms with Crippen molar-refractivity contribution in [2.45, 2.75) is 13.8 Å². The highest BCUT2D eigenvalue weighted by molar-refractivity contribution is 6.12. The van der Waals surface area contributed by atoms with E-state index in [0.717, 1.165) is 22.3 Å². The molecule has 0 amide bonds. The molecule has 0 N–H and O–H groups in total. The molecule has 0 saturated carbocycles. The van der Waals surface area contributed by atoms with Gasteiger partial charge in [-0.1, -0.05) is 17.2 Å². The molecule has 5 nitrogen and oxygen atoms in total. The van der Waals surface area contributed by atoms with Crippen LogP contribution < -0.4 is 0 Å². The highest BCUT2D eigenvalue weighted by atomic mass is 16.6. The summed E-state index contributed by atoms with van der Waals surface area (Å²) in [6.07, 6.45) is 5.15. The lowest BCUT2D eigenvalue weighted by Gasteiger charge is -2.03. The molecule has 1 aromatic heterocycles. The minimum absolute atomic E-state index is 0.289. The van der Waals surface area contributed by atoms with E-state index in [9.17, 15) is 4.79 Å². The molecular weight excluding hydrogens is 266 g/mol.